The van der Waals surface area contributed by atoms with Gasteiger partial charge in [-0.3, -0.25) is 0 Å². The van der Waals surface area contributed by atoms with Crippen LogP contribution in [-0.4, -0.2) is 45.1 Å². The second kappa shape index (κ2) is 12.5. The third kappa shape index (κ3) is 8.74. The molecule has 4 heteroatoms. The molecule has 0 aromatic rings. The Hall–Kier alpha value is 0.0687. The van der Waals surface area contributed by atoms with Crippen LogP contribution in [0.3, 0.4) is 0 Å². The van der Waals surface area contributed by atoms with Crippen LogP contribution >= 0.6 is 0 Å². The molecule has 0 radical (unpaired) electrons. The zero-order valence-corrected chi connectivity index (χ0v) is 25.6. The van der Waals surface area contributed by atoms with E-state index in [4.69, 9.17) is 4.74 Å². The van der Waals surface area contributed by atoms with Gasteiger partial charge in [-0.25, -0.2) is 0 Å². The Morgan fingerprint density at radius 3 is 1.68 bits per heavy atom. The second-order valence-corrected chi connectivity index (χ2v) is 26.4. The van der Waals surface area contributed by atoms with Crippen molar-refractivity contribution in [3.05, 3.63) is 0 Å². The molecule has 1 fully saturated rings. The fraction of sp³-hybridized carbons (Fsp3) is 0.963. The van der Waals surface area contributed by atoms with Gasteiger partial charge in [-0.05, 0) is 0 Å². The summed E-state index contributed by atoms with van der Waals surface area (Å²) in [6, 6.07) is 0.277. The van der Waals surface area contributed by atoms with Crippen molar-refractivity contribution in [2.24, 2.45) is 11.3 Å². The van der Waals surface area contributed by atoms with Crippen LogP contribution in [0, 0.1) is 11.3 Å². The molecule has 1 aliphatic rings. The van der Waals surface area contributed by atoms with E-state index in [1.807, 2.05) is 20.8 Å². The van der Waals surface area contributed by atoms with Gasteiger partial charge in [-0.15, -0.1) is 0 Å². The van der Waals surface area contributed by atoms with Crippen molar-refractivity contribution >= 4 is 24.5 Å². The van der Waals surface area contributed by atoms with E-state index in [0.717, 1.165) is 6.42 Å². The molecule has 0 unspecified atom stereocenters. The number of rotatable bonds is 10. The fourth-order valence-corrected chi connectivity index (χ4v) is 24.6. The molecule has 1 aliphatic heterocycles. The quantitative estimate of drug-likeness (QED) is 0.257. The van der Waals surface area contributed by atoms with Crippen LogP contribution < -0.4 is 0 Å². The number of likely N-dealkylation sites (tertiary alicyclic amines) is 1. The van der Waals surface area contributed by atoms with Crippen molar-refractivity contribution in [3.8, 4) is 0 Å². The van der Waals surface area contributed by atoms with Gasteiger partial charge in [0.15, 0.2) is 0 Å². The van der Waals surface area contributed by atoms with Gasteiger partial charge < -0.3 is 0 Å². The molecular formula is C27H55NO2Sn. The summed E-state index contributed by atoms with van der Waals surface area (Å²) >= 11 is -2.67. The molecule has 0 N–H and O–H groups in total. The predicted molar refractivity (Wildman–Crippen MR) is 138 cm³/mol. The van der Waals surface area contributed by atoms with E-state index in [0.29, 0.717) is 15.4 Å². The maximum atomic E-state index is 13.6. The number of carbonyl (C=O) groups is 1. The summed E-state index contributed by atoms with van der Waals surface area (Å²) in [6.07, 6.45) is 10.1. The second-order valence-electron chi connectivity index (χ2n) is 12.5. The molecule has 0 bridgehead atoms. The number of hydrogen-bond acceptors (Lipinski definition) is 2. The third-order valence-electron chi connectivity index (χ3n) is 7.56. The molecule has 1 saturated heterocycles. The van der Waals surface area contributed by atoms with E-state index < -0.39 is 24.0 Å². The molecule has 0 aromatic heterocycles. The van der Waals surface area contributed by atoms with Crippen molar-refractivity contribution in [1.29, 1.82) is 0 Å². The molecule has 31 heavy (non-hydrogen) atoms. The summed E-state index contributed by atoms with van der Waals surface area (Å²) in [7, 11) is 0. The first-order valence-corrected chi connectivity index (χ1v) is 21.0. The van der Waals surface area contributed by atoms with Crippen molar-refractivity contribution < 1.29 is 9.53 Å². The first-order chi connectivity index (χ1) is 14.3. The Morgan fingerprint density at radius 1 is 0.871 bits per heavy atom. The number of carbonyl (C=O) groups excluding carboxylic acids is 1. The van der Waals surface area contributed by atoms with E-state index in [9.17, 15) is 4.79 Å². The topological polar surface area (TPSA) is 29.5 Å². The van der Waals surface area contributed by atoms with Crippen LogP contribution in [0.1, 0.15) is 121 Å². The van der Waals surface area contributed by atoms with Crippen molar-refractivity contribution in [3.63, 3.8) is 0 Å². The van der Waals surface area contributed by atoms with Crippen LogP contribution in [0.25, 0.3) is 0 Å². The van der Waals surface area contributed by atoms with Gasteiger partial charge in [0, 0.05) is 0 Å². The van der Waals surface area contributed by atoms with Crippen molar-refractivity contribution in [2.45, 2.75) is 150 Å². The summed E-state index contributed by atoms with van der Waals surface area (Å²) in [5.41, 5.74) is -0.138. The summed E-state index contributed by atoms with van der Waals surface area (Å²) in [6.45, 7) is 22.6. The molecule has 1 amide bonds. The van der Waals surface area contributed by atoms with Crippen LogP contribution in [0.5, 0.6) is 0 Å². The number of ether oxygens (including phenoxy) is 1. The van der Waals surface area contributed by atoms with E-state index in [1.54, 1.807) is 0 Å². The van der Waals surface area contributed by atoms with E-state index in [1.165, 1.54) is 58.3 Å². The summed E-state index contributed by atoms with van der Waals surface area (Å²) in [4.78, 5) is 15.9. The Bertz CT molecular complexity index is 513. The molecule has 0 spiro atoms. The molecule has 3 nitrogen and oxygen atoms in total. The van der Waals surface area contributed by atoms with Crippen molar-refractivity contribution in [2.75, 3.05) is 0 Å². The summed E-state index contributed by atoms with van der Waals surface area (Å²) in [5, 5.41) is 0. The molecule has 1 heterocycles. The molecule has 184 valence electrons. The fourth-order valence-electron chi connectivity index (χ4n) is 5.65. The van der Waals surface area contributed by atoms with Gasteiger partial charge in [-0.2, -0.15) is 0 Å². The number of hydrogen-bond donors (Lipinski definition) is 0. The Morgan fingerprint density at radius 2 is 1.32 bits per heavy atom. The van der Waals surface area contributed by atoms with Crippen molar-refractivity contribution in [1.82, 2.24) is 4.90 Å². The summed E-state index contributed by atoms with van der Waals surface area (Å²) < 4.78 is 10.8. The van der Waals surface area contributed by atoms with Gasteiger partial charge in [0.2, 0.25) is 0 Å². The summed E-state index contributed by atoms with van der Waals surface area (Å²) in [5.74, 6) is 0.687. The van der Waals surface area contributed by atoms with Gasteiger partial charge in [0.25, 0.3) is 0 Å². The zero-order valence-electron chi connectivity index (χ0n) is 22.8. The standard InChI is InChI=1S/C15H28NO2.3C4H9.Sn/c1-11-10-12(14(2,3)4)8-9-16(11)13(17)18-15(5,6)7;3*1-3-4-2;/h9,11-12H,8,10H2,1-7H3;3*1,3-4H2,2H3;/t11-,12-;;;;/m1..../s1. The number of piperidine rings is 1. The maximum absolute atomic E-state index is 13.6. The molecule has 0 aromatic carbocycles. The van der Waals surface area contributed by atoms with Crippen LogP contribution in [0.2, 0.25) is 13.3 Å². The molecular weight excluding hydrogens is 489 g/mol. The first-order valence-electron chi connectivity index (χ1n) is 13.3. The minimum absolute atomic E-state index is 0.0390. The van der Waals surface area contributed by atoms with Gasteiger partial charge in [0.05, 0.1) is 0 Å². The number of amides is 1. The number of nitrogens with zero attached hydrogens (tertiary/aromatic N) is 1. The Balaban J connectivity index is 3.48. The van der Waals surface area contributed by atoms with Gasteiger partial charge >= 0.3 is 200 Å². The SMILES string of the molecule is CCC[CH2][Sn]([CH2]CCC)([CH2]CCC)[C@H]1C[C@@H](C(C)(C)C)C[C@@H](C)N1C(=O)OC(C)(C)C. The van der Waals surface area contributed by atoms with Gasteiger partial charge in [-0.1, -0.05) is 0 Å². The minimum atomic E-state index is -2.67. The zero-order chi connectivity index (χ0) is 23.9. The average molecular weight is 544 g/mol. The molecule has 1 rings (SSSR count). The average Bonchev–Trinajstić information content (AvgIpc) is 2.65. The molecule has 0 saturated carbocycles. The number of unbranched alkanes of at least 4 members (excludes halogenated alkanes) is 3. The van der Waals surface area contributed by atoms with E-state index in [2.05, 4.69) is 53.4 Å². The van der Waals surface area contributed by atoms with Crippen LogP contribution in [-0.2, 0) is 4.74 Å². The molecule has 3 atom stereocenters. The molecule has 0 aliphatic carbocycles. The normalized spacial score (nSPS) is 23.2. The third-order valence-corrected chi connectivity index (χ3v) is 24.6. The van der Waals surface area contributed by atoms with E-state index >= 15 is 0 Å². The Labute approximate surface area is 199 Å². The van der Waals surface area contributed by atoms with E-state index in [-0.39, 0.29) is 12.1 Å². The van der Waals surface area contributed by atoms with Crippen LogP contribution in [0.15, 0.2) is 0 Å². The predicted octanol–water partition coefficient (Wildman–Crippen LogP) is 8.83. The van der Waals surface area contributed by atoms with Gasteiger partial charge in [0.1, 0.15) is 0 Å². The Kier molecular flexibility index (Phi) is 11.7. The van der Waals surface area contributed by atoms with Crippen LogP contribution in [0.4, 0.5) is 4.79 Å². The monoisotopic (exact) mass is 545 g/mol. The first kappa shape index (κ1) is 29.1.